The summed E-state index contributed by atoms with van der Waals surface area (Å²) in [5, 5.41) is 3.89. The van der Waals surface area contributed by atoms with Gasteiger partial charge in [0.05, 0.1) is 11.9 Å². The second-order valence-electron chi connectivity index (χ2n) is 8.65. The van der Waals surface area contributed by atoms with Crippen LogP contribution in [0.2, 0.25) is 10.0 Å². The molecule has 1 N–H and O–H groups in total. The number of hydrogen-bond donors (Lipinski definition) is 1. The minimum absolute atomic E-state index is 0.0648. The highest BCUT2D eigenvalue weighted by Crippen LogP contribution is 2.23. The summed E-state index contributed by atoms with van der Waals surface area (Å²) < 4.78 is 26.0. The molecule has 2 aromatic carbocycles. The Labute approximate surface area is 218 Å². The van der Waals surface area contributed by atoms with Gasteiger partial charge in [0.25, 0.3) is 0 Å². The van der Waals surface area contributed by atoms with Crippen molar-refractivity contribution in [1.29, 1.82) is 0 Å². The highest BCUT2D eigenvalue weighted by Gasteiger charge is 2.29. The summed E-state index contributed by atoms with van der Waals surface area (Å²) in [6, 6.07) is 13.0. The fourth-order valence-corrected chi connectivity index (χ4v) is 4.99. The number of anilines is 1. The molecule has 0 heterocycles. The summed E-state index contributed by atoms with van der Waals surface area (Å²) in [7, 11) is -3.58. The number of hydrogen-bond acceptors (Lipinski definition) is 4. The first-order valence-corrected chi connectivity index (χ1v) is 14.1. The third kappa shape index (κ3) is 9.02. The van der Waals surface area contributed by atoms with Crippen molar-refractivity contribution in [3.8, 4) is 0 Å². The molecule has 0 aliphatic heterocycles. The van der Waals surface area contributed by atoms with Crippen molar-refractivity contribution in [3.63, 3.8) is 0 Å². The van der Waals surface area contributed by atoms with Gasteiger partial charge in [-0.25, -0.2) is 8.42 Å². The molecule has 2 rings (SSSR count). The van der Waals surface area contributed by atoms with Gasteiger partial charge in [-0.3, -0.25) is 13.9 Å². The lowest BCUT2D eigenvalue weighted by Crippen LogP contribution is -2.50. The molecule has 0 radical (unpaired) electrons. The van der Waals surface area contributed by atoms with E-state index >= 15 is 0 Å². The van der Waals surface area contributed by atoms with E-state index in [0.717, 1.165) is 11.8 Å². The van der Waals surface area contributed by atoms with Gasteiger partial charge in [0.15, 0.2) is 0 Å². The van der Waals surface area contributed by atoms with Gasteiger partial charge in [0.2, 0.25) is 21.8 Å². The maximum Gasteiger partial charge on any atom is 0.243 e. The van der Waals surface area contributed by atoms with Gasteiger partial charge in [-0.2, -0.15) is 0 Å². The van der Waals surface area contributed by atoms with Crippen LogP contribution in [0.1, 0.15) is 45.6 Å². The molecule has 35 heavy (non-hydrogen) atoms. The van der Waals surface area contributed by atoms with Gasteiger partial charge >= 0.3 is 0 Å². The van der Waals surface area contributed by atoms with Gasteiger partial charge in [-0.1, -0.05) is 48.3 Å². The van der Waals surface area contributed by atoms with E-state index in [9.17, 15) is 18.0 Å². The Hall–Kier alpha value is -2.29. The Morgan fingerprint density at radius 3 is 2.23 bits per heavy atom. The highest BCUT2D eigenvalue weighted by atomic mass is 35.5. The lowest BCUT2D eigenvalue weighted by atomic mass is 10.1. The number of amides is 2. The van der Waals surface area contributed by atoms with E-state index in [-0.39, 0.29) is 43.8 Å². The lowest BCUT2D eigenvalue weighted by Gasteiger charge is -2.31. The van der Waals surface area contributed by atoms with Crippen LogP contribution in [0.5, 0.6) is 0 Å². The number of carbonyl (C=O) groups excluding carboxylic acids is 2. The van der Waals surface area contributed by atoms with Gasteiger partial charge in [-0.05, 0) is 62.6 Å². The number of benzene rings is 2. The first-order chi connectivity index (χ1) is 16.4. The second kappa shape index (κ2) is 13.1. The van der Waals surface area contributed by atoms with Gasteiger partial charge in [0.1, 0.15) is 6.04 Å². The van der Waals surface area contributed by atoms with Crippen molar-refractivity contribution in [1.82, 2.24) is 10.2 Å². The molecule has 0 aliphatic rings. The summed E-state index contributed by atoms with van der Waals surface area (Å²) in [5.74, 6) is -0.452. The largest absolute Gasteiger partial charge is 0.352 e. The topological polar surface area (TPSA) is 86.8 Å². The molecule has 192 valence electrons. The maximum atomic E-state index is 13.4. The van der Waals surface area contributed by atoms with Crippen molar-refractivity contribution in [2.24, 2.45) is 0 Å². The second-order valence-corrected chi connectivity index (χ2v) is 11.4. The molecule has 7 nitrogen and oxygen atoms in total. The number of rotatable bonds is 12. The van der Waals surface area contributed by atoms with Crippen molar-refractivity contribution in [2.45, 2.75) is 58.7 Å². The standard InChI is InChI=1S/C25H33Cl2N3O4S/c1-5-23(25(32)28-18(2)3)29(17-19-11-13-20(26)14-12-19)24(31)10-7-15-30(35(4,33)34)22-9-6-8-21(27)16-22/h6,8-9,11-14,16,18,23H,5,7,10,15,17H2,1-4H3,(H,28,32)/t23-/m0/s1. The zero-order valence-electron chi connectivity index (χ0n) is 20.5. The molecule has 0 spiro atoms. The van der Waals surface area contributed by atoms with Gasteiger partial charge in [0, 0.05) is 35.6 Å². The Bertz CT molecular complexity index is 1110. The van der Waals surface area contributed by atoms with Crippen molar-refractivity contribution in [2.75, 3.05) is 17.1 Å². The Morgan fingerprint density at radius 1 is 1.03 bits per heavy atom. The summed E-state index contributed by atoms with van der Waals surface area (Å²) in [6.07, 6.45) is 1.91. The molecule has 0 saturated heterocycles. The third-order valence-corrected chi connectivity index (χ3v) is 7.01. The molecule has 0 aromatic heterocycles. The van der Waals surface area contributed by atoms with E-state index < -0.39 is 16.1 Å². The van der Waals surface area contributed by atoms with E-state index in [2.05, 4.69) is 5.32 Å². The molecular weight excluding hydrogens is 509 g/mol. The molecular formula is C25H33Cl2N3O4S. The van der Waals surface area contributed by atoms with E-state index in [1.165, 1.54) is 4.31 Å². The first kappa shape index (κ1) is 28.9. The average Bonchev–Trinajstić information content (AvgIpc) is 2.76. The number of sulfonamides is 1. The lowest BCUT2D eigenvalue weighted by molar-refractivity contribution is -0.141. The first-order valence-electron chi connectivity index (χ1n) is 11.5. The normalized spacial score (nSPS) is 12.3. The molecule has 2 amide bonds. The number of nitrogens with zero attached hydrogens (tertiary/aromatic N) is 2. The number of halogens is 2. The maximum absolute atomic E-state index is 13.4. The van der Waals surface area contributed by atoms with Crippen LogP contribution in [0.3, 0.4) is 0 Å². The third-order valence-electron chi connectivity index (χ3n) is 5.33. The zero-order valence-corrected chi connectivity index (χ0v) is 22.8. The monoisotopic (exact) mass is 541 g/mol. The number of carbonyl (C=O) groups is 2. The van der Waals surface area contributed by atoms with Crippen LogP contribution in [0.4, 0.5) is 5.69 Å². The molecule has 0 unspecified atom stereocenters. The van der Waals surface area contributed by atoms with Crippen LogP contribution in [-0.4, -0.2) is 50.0 Å². The van der Waals surface area contributed by atoms with Crippen LogP contribution in [0.25, 0.3) is 0 Å². The quantitative estimate of drug-likeness (QED) is 0.415. The van der Waals surface area contributed by atoms with Crippen molar-refractivity contribution < 1.29 is 18.0 Å². The van der Waals surface area contributed by atoms with Crippen LogP contribution in [0, 0.1) is 0 Å². The molecule has 0 aliphatic carbocycles. The Kier molecular flexibility index (Phi) is 10.9. The molecule has 2 aromatic rings. The predicted molar refractivity (Wildman–Crippen MR) is 142 cm³/mol. The summed E-state index contributed by atoms with van der Waals surface area (Å²) in [5.41, 5.74) is 1.28. The average molecular weight is 543 g/mol. The molecule has 0 fully saturated rings. The highest BCUT2D eigenvalue weighted by molar-refractivity contribution is 7.92. The molecule has 0 saturated carbocycles. The van der Waals surface area contributed by atoms with Crippen LogP contribution in [-0.2, 0) is 26.2 Å². The van der Waals surface area contributed by atoms with E-state index in [0.29, 0.717) is 22.2 Å². The smallest absolute Gasteiger partial charge is 0.243 e. The Balaban J connectivity index is 2.21. The van der Waals surface area contributed by atoms with Gasteiger partial charge in [-0.15, -0.1) is 0 Å². The summed E-state index contributed by atoms with van der Waals surface area (Å²) >= 11 is 12.0. The predicted octanol–water partition coefficient (Wildman–Crippen LogP) is 4.87. The summed E-state index contributed by atoms with van der Waals surface area (Å²) in [6.45, 7) is 5.94. The van der Waals surface area contributed by atoms with E-state index in [1.54, 1.807) is 41.3 Å². The van der Waals surface area contributed by atoms with Crippen LogP contribution < -0.4 is 9.62 Å². The fraction of sp³-hybridized carbons (Fsp3) is 0.440. The molecule has 0 bridgehead atoms. The molecule has 1 atom stereocenters. The van der Waals surface area contributed by atoms with Gasteiger partial charge < -0.3 is 10.2 Å². The minimum Gasteiger partial charge on any atom is -0.352 e. The molecule has 10 heteroatoms. The SMILES string of the molecule is CC[C@@H](C(=O)NC(C)C)N(Cc1ccc(Cl)cc1)C(=O)CCCN(c1cccc(Cl)c1)S(C)(=O)=O. The van der Waals surface area contributed by atoms with E-state index in [1.807, 2.05) is 32.9 Å². The van der Waals surface area contributed by atoms with Crippen molar-refractivity contribution >= 4 is 50.7 Å². The summed E-state index contributed by atoms with van der Waals surface area (Å²) in [4.78, 5) is 27.8. The van der Waals surface area contributed by atoms with E-state index in [4.69, 9.17) is 23.2 Å². The van der Waals surface area contributed by atoms with Crippen LogP contribution in [0.15, 0.2) is 48.5 Å². The zero-order chi connectivity index (χ0) is 26.2. The van der Waals surface area contributed by atoms with Crippen molar-refractivity contribution in [3.05, 3.63) is 64.1 Å². The van der Waals surface area contributed by atoms with Crippen LogP contribution >= 0.6 is 23.2 Å². The Morgan fingerprint density at radius 2 is 1.69 bits per heavy atom. The number of nitrogens with one attached hydrogen (secondary N) is 1. The fourth-order valence-electron chi connectivity index (χ4n) is 3.72. The minimum atomic E-state index is -3.58.